The van der Waals surface area contributed by atoms with Gasteiger partial charge >= 0.3 is 0 Å². The van der Waals surface area contributed by atoms with Crippen LogP contribution >= 0.6 is 0 Å². The van der Waals surface area contributed by atoms with Crippen LogP contribution in [0.2, 0.25) is 0 Å². The third kappa shape index (κ3) is 2.84. The van der Waals surface area contributed by atoms with Gasteiger partial charge in [0, 0.05) is 18.4 Å². The Labute approximate surface area is 123 Å². The van der Waals surface area contributed by atoms with Gasteiger partial charge in [-0.15, -0.1) is 0 Å². The second kappa shape index (κ2) is 5.35. The van der Waals surface area contributed by atoms with E-state index < -0.39 is 0 Å². The van der Waals surface area contributed by atoms with E-state index >= 15 is 0 Å². The lowest BCUT2D eigenvalue weighted by atomic mass is 10.1. The van der Waals surface area contributed by atoms with E-state index in [-0.39, 0.29) is 11.9 Å². The number of fused-ring (bicyclic) bond motifs is 1. The zero-order valence-electron chi connectivity index (χ0n) is 12.6. The van der Waals surface area contributed by atoms with Crippen molar-refractivity contribution < 1.29 is 9.21 Å². The second-order valence-corrected chi connectivity index (χ2v) is 5.88. The molecule has 112 valence electrons. The largest absolute Gasteiger partial charge is 0.469 e. The first kappa shape index (κ1) is 13.9. The predicted octanol–water partition coefficient (Wildman–Crippen LogP) is 2.05. The molecule has 0 spiro atoms. The Balaban J connectivity index is 1.67. The highest BCUT2D eigenvalue weighted by Crippen LogP contribution is 2.17. The minimum Gasteiger partial charge on any atom is -0.469 e. The Bertz CT molecular complexity index is 656. The summed E-state index contributed by atoms with van der Waals surface area (Å²) < 4.78 is 7.09. The summed E-state index contributed by atoms with van der Waals surface area (Å²) in [6.45, 7) is 6.67. The molecule has 0 bridgehead atoms. The van der Waals surface area contributed by atoms with Gasteiger partial charge in [0.05, 0.1) is 12.1 Å². The summed E-state index contributed by atoms with van der Waals surface area (Å²) >= 11 is 0. The number of rotatable bonds is 3. The van der Waals surface area contributed by atoms with E-state index in [9.17, 15) is 4.79 Å². The molecule has 2 aromatic heterocycles. The number of carbonyl (C=O) groups is 1. The summed E-state index contributed by atoms with van der Waals surface area (Å²) in [7, 11) is 0. The molecule has 1 aliphatic heterocycles. The normalized spacial score (nSPS) is 17.8. The smallest absolute Gasteiger partial charge is 0.254 e. The molecule has 3 rings (SSSR count). The number of carbonyl (C=O) groups excluding carboxylic acids is 1. The maximum Gasteiger partial charge on any atom is 0.254 e. The summed E-state index contributed by atoms with van der Waals surface area (Å²) in [5.74, 6) is 2.87. The lowest BCUT2D eigenvalue weighted by Gasteiger charge is -2.23. The predicted molar refractivity (Wildman–Crippen MR) is 77.1 cm³/mol. The van der Waals surface area contributed by atoms with Crippen molar-refractivity contribution >= 4 is 5.91 Å². The van der Waals surface area contributed by atoms with Gasteiger partial charge in [-0.25, -0.2) is 9.67 Å². The topological polar surface area (TPSA) is 73.0 Å². The number of aromatic nitrogens is 3. The molecule has 1 N–H and O–H groups in total. The van der Waals surface area contributed by atoms with Crippen molar-refractivity contribution in [2.24, 2.45) is 0 Å². The van der Waals surface area contributed by atoms with Crippen molar-refractivity contribution in [1.82, 2.24) is 20.1 Å². The SMILES string of the molecule is Cc1cc(C(=O)N[C@@H]2CCc3nc(C(C)C)nn3C2)co1. The van der Waals surface area contributed by atoms with Crippen LogP contribution in [0.3, 0.4) is 0 Å². The van der Waals surface area contributed by atoms with Gasteiger partial charge in [0.1, 0.15) is 17.8 Å². The van der Waals surface area contributed by atoms with Crippen molar-refractivity contribution in [1.29, 1.82) is 0 Å². The van der Waals surface area contributed by atoms with Gasteiger partial charge in [-0.05, 0) is 19.4 Å². The summed E-state index contributed by atoms with van der Waals surface area (Å²) in [6, 6.07) is 1.83. The monoisotopic (exact) mass is 288 g/mol. The Hall–Kier alpha value is -2.11. The van der Waals surface area contributed by atoms with Gasteiger partial charge in [-0.3, -0.25) is 4.79 Å². The van der Waals surface area contributed by atoms with Crippen LogP contribution in [0.1, 0.15) is 54.0 Å². The molecule has 6 nitrogen and oxygen atoms in total. The van der Waals surface area contributed by atoms with Crippen LogP contribution in [0.4, 0.5) is 0 Å². The fraction of sp³-hybridized carbons (Fsp3) is 0.533. The molecule has 0 radical (unpaired) electrons. The van der Waals surface area contributed by atoms with E-state index in [0.717, 1.165) is 30.3 Å². The van der Waals surface area contributed by atoms with Gasteiger partial charge < -0.3 is 9.73 Å². The van der Waals surface area contributed by atoms with Crippen LogP contribution in [0, 0.1) is 6.92 Å². The number of hydrogen-bond acceptors (Lipinski definition) is 4. The van der Waals surface area contributed by atoms with Crippen molar-refractivity contribution in [2.45, 2.75) is 52.1 Å². The molecule has 0 unspecified atom stereocenters. The van der Waals surface area contributed by atoms with Crippen LogP contribution in [0.5, 0.6) is 0 Å². The van der Waals surface area contributed by atoms with E-state index in [1.807, 2.05) is 11.6 Å². The number of nitrogens with one attached hydrogen (secondary N) is 1. The van der Waals surface area contributed by atoms with Crippen LogP contribution in [0.15, 0.2) is 16.7 Å². The first-order valence-corrected chi connectivity index (χ1v) is 7.32. The average Bonchev–Trinajstić information content (AvgIpc) is 3.04. The third-order valence-electron chi connectivity index (χ3n) is 3.72. The number of nitrogens with zero attached hydrogens (tertiary/aromatic N) is 3. The standard InChI is InChI=1S/C15H20N4O2/c1-9(2)14-17-13-5-4-12(7-19(13)18-14)16-15(20)11-6-10(3)21-8-11/h6,8-9,12H,4-5,7H2,1-3H3,(H,16,20)/t12-/m1/s1. The van der Waals surface area contributed by atoms with E-state index in [1.165, 1.54) is 6.26 Å². The fourth-order valence-corrected chi connectivity index (χ4v) is 2.52. The number of hydrogen-bond donors (Lipinski definition) is 1. The molecule has 3 heterocycles. The third-order valence-corrected chi connectivity index (χ3v) is 3.72. The van der Waals surface area contributed by atoms with E-state index in [1.54, 1.807) is 6.07 Å². The van der Waals surface area contributed by atoms with Crippen molar-refractivity contribution in [3.05, 3.63) is 35.3 Å². The molecule has 0 aliphatic carbocycles. The van der Waals surface area contributed by atoms with Gasteiger partial charge in [0.15, 0.2) is 5.82 Å². The van der Waals surface area contributed by atoms with Crippen LogP contribution < -0.4 is 5.32 Å². The fourth-order valence-electron chi connectivity index (χ4n) is 2.52. The zero-order chi connectivity index (χ0) is 15.0. The molecule has 0 fully saturated rings. The van der Waals surface area contributed by atoms with Gasteiger partial charge in [0.25, 0.3) is 5.91 Å². The van der Waals surface area contributed by atoms with Crippen molar-refractivity contribution in [3.63, 3.8) is 0 Å². The first-order valence-electron chi connectivity index (χ1n) is 7.32. The van der Waals surface area contributed by atoms with E-state index in [2.05, 4.69) is 29.2 Å². The summed E-state index contributed by atoms with van der Waals surface area (Å²) in [6.07, 6.45) is 3.22. The maximum absolute atomic E-state index is 12.1. The molecule has 0 aromatic carbocycles. The second-order valence-electron chi connectivity index (χ2n) is 5.88. The summed E-state index contributed by atoms with van der Waals surface area (Å²) in [4.78, 5) is 16.7. The van der Waals surface area contributed by atoms with Crippen molar-refractivity contribution in [2.75, 3.05) is 0 Å². The molecule has 1 aliphatic rings. The highest BCUT2D eigenvalue weighted by atomic mass is 16.3. The van der Waals surface area contributed by atoms with Crippen LogP contribution in [-0.2, 0) is 13.0 Å². The summed E-state index contributed by atoms with van der Waals surface area (Å²) in [5, 5.41) is 7.56. The molecule has 6 heteroatoms. The Morgan fingerprint density at radius 3 is 3.00 bits per heavy atom. The highest BCUT2D eigenvalue weighted by molar-refractivity contribution is 5.94. The molecule has 0 saturated carbocycles. The first-order chi connectivity index (χ1) is 10.0. The molecular formula is C15H20N4O2. The Morgan fingerprint density at radius 1 is 1.52 bits per heavy atom. The van der Waals surface area contributed by atoms with Gasteiger partial charge in [-0.1, -0.05) is 13.8 Å². The summed E-state index contributed by atoms with van der Waals surface area (Å²) in [5.41, 5.74) is 0.569. The van der Waals surface area contributed by atoms with Crippen molar-refractivity contribution in [3.8, 4) is 0 Å². The Morgan fingerprint density at radius 2 is 2.33 bits per heavy atom. The van der Waals surface area contributed by atoms with Crippen LogP contribution in [-0.4, -0.2) is 26.7 Å². The number of amides is 1. The molecule has 1 atom stereocenters. The highest BCUT2D eigenvalue weighted by Gasteiger charge is 2.24. The zero-order valence-corrected chi connectivity index (χ0v) is 12.6. The molecule has 2 aromatic rings. The molecular weight excluding hydrogens is 268 g/mol. The lowest BCUT2D eigenvalue weighted by Crippen LogP contribution is -2.41. The molecule has 1 amide bonds. The number of aryl methyl sites for hydroxylation is 2. The Kier molecular flexibility index (Phi) is 3.53. The minimum absolute atomic E-state index is 0.0851. The number of furan rings is 1. The van der Waals surface area contributed by atoms with E-state index in [4.69, 9.17) is 4.42 Å². The lowest BCUT2D eigenvalue weighted by molar-refractivity contribution is 0.0925. The quantitative estimate of drug-likeness (QED) is 0.938. The van der Waals surface area contributed by atoms with Gasteiger partial charge in [-0.2, -0.15) is 5.10 Å². The average molecular weight is 288 g/mol. The minimum atomic E-state index is -0.0931. The maximum atomic E-state index is 12.1. The van der Waals surface area contributed by atoms with Gasteiger partial charge in [0.2, 0.25) is 0 Å². The van der Waals surface area contributed by atoms with E-state index in [0.29, 0.717) is 18.0 Å². The molecule has 0 saturated heterocycles. The van der Waals surface area contributed by atoms with Crippen LogP contribution in [0.25, 0.3) is 0 Å². The molecule has 21 heavy (non-hydrogen) atoms.